The van der Waals surface area contributed by atoms with Crippen LogP contribution in [-0.4, -0.2) is 68.2 Å². The Bertz CT molecular complexity index is 720. The van der Waals surface area contributed by atoms with Gasteiger partial charge in [-0.2, -0.15) is 0 Å². The van der Waals surface area contributed by atoms with E-state index < -0.39 is 0 Å². The number of carbonyl (C=O) groups excluding carboxylic acids is 1. The van der Waals surface area contributed by atoms with Crippen LogP contribution in [0.15, 0.2) is 29.3 Å². The van der Waals surface area contributed by atoms with Crippen LogP contribution in [0, 0.1) is 0 Å². The van der Waals surface area contributed by atoms with E-state index in [1.54, 1.807) is 0 Å². The fourth-order valence-electron chi connectivity index (χ4n) is 4.43. The maximum Gasteiger partial charge on any atom is 0.227 e. The lowest BCUT2D eigenvalue weighted by molar-refractivity contribution is -0.117. The van der Waals surface area contributed by atoms with Crippen LogP contribution < -0.4 is 15.5 Å². The number of amides is 1. The van der Waals surface area contributed by atoms with Gasteiger partial charge in [-0.1, -0.05) is 12.1 Å². The van der Waals surface area contributed by atoms with E-state index in [-0.39, 0.29) is 12.0 Å². The van der Waals surface area contributed by atoms with Gasteiger partial charge >= 0.3 is 0 Å². The molecule has 2 N–H and O–H groups in total. The Morgan fingerprint density at radius 3 is 2.83 bits per heavy atom. The number of carbonyl (C=O) groups is 1. The number of hydrogen-bond donors (Lipinski definition) is 2. The summed E-state index contributed by atoms with van der Waals surface area (Å²) < 4.78 is 6.03. The van der Waals surface area contributed by atoms with Gasteiger partial charge in [0.2, 0.25) is 5.91 Å². The molecule has 3 aliphatic rings. The number of benzene rings is 1. The number of hydrogen-bond acceptors (Lipinski definition) is 4. The van der Waals surface area contributed by atoms with E-state index in [1.807, 2.05) is 17.0 Å². The van der Waals surface area contributed by atoms with Crippen LogP contribution in [0.25, 0.3) is 0 Å². The van der Waals surface area contributed by atoms with Gasteiger partial charge in [0.15, 0.2) is 5.96 Å². The zero-order valence-corrected chi connectivity index (χ0v) is 17.4. The van der Waals surface area contributed by atoms with E-state index in [2.05, 4.69) is 34.6 Å². The summed E-state index contributed by atoms with van der Waals surface area (Å²) in [5.41, 5.74) is 2.12. The summed E-state index contributed by atoms with van der Waals surface area (Å²) in [6, 6.07) is 8.80. The molecule has 7 nitrogen and oxygen atoms in total. The van der Waals surface area contributed by atoms with Gasteiger partial charge in [0.05, 0.1) is 19.3 Å². The molecule has 0 aromatic heterocycles. The molecule has 2 atom stereocenters. The normalized spacial score (nSPS) is 25.3. The lowest BCUT2D eigenvalue weighted by Crippen LogP contribution is -2.51. The Morgan fingerprint density at radius 1 is 1.21 bits per heavy atom. The first kappa shape index (κ1) is 20.2. The average Bonchev–Trinajstić information content (AvgIpc) is 3.39. The highest BCUT2D eigenvalue weighted by atomic mass is 16.5. The van der Waals surface area contributed by atoms with Crippen molar-refractivity contribution in [2.24, 2.45) is 4.99 Å². The number of fused-ring (bicyclic) bond motifs is 1. The maximum absolute atomic E-state index is 11.9. The molecule has 158 valence electrons. The molecule has 0 radical (unpaired) electrons. The Morgan fingerprint density at radius 2 is 2.07 bits per heavy atom. The van der Waals surface area contributed by atoms with Crippen molar-refractivity contribution >= 4 is 17.6 Å². The van der Waals surface area contributed by atoms with Crippen LogP contribution in [0.3, 0.4) is 0 Å². The fraction of sp³-hybridized carbons (Fsp3) is 0.636. The topological polar surface area (TPSA) is 69.2 Å². The second-order valence-corrected chi connectivity index (χ2v) is 8.14. The predicted octanol–water partition coefficient (Wildman–Crippen LogP) is 1.73. The minimum Gasteiger partial charge on any atom is -0.373 e. The highest BCUT2D eigenvalue weighted by Gasteiger charge is 2.32. The van der Waals surface area contributed by atoms with E-state index in [0.29, 0.717) is 19.0 Å². The molecule has 0 bridgehead atoms. The van der Waals surface area contributed by atoms with Gasteiger partial charge in [0, 0.05) is 44.3 Å². The van der Waals surface area contributed by atoms with E-state index in [1.165, 1.54) is 19.4 Å². The number of guanidine groups is 1. The third kappa shape index (κ3) is 5.08. The molecule has 0 aliphatic carbocycles. The van der Waals surface area contributed by atoms with Crippen molar-refractivity contribution in [3.8, 4) is 0 Å². The monoisotopic (exact) mass is 399 g/mol. The predicted molar refractivity (Wildman–Crippen MR) is 115 cm³/mol. The quantitative estimate of drug-likeness (QED) is 0.563. The minimum atomic E-state index is 0.213. The summed E-state index contributed by atoms with van der Waals surface area (Å²) >= 11 is 0. The summed E-state index contributed by atoms with van der Waals surface area (Å²) in [7, 11) is 0. The summed E-state index contributed by atoms with van der Waals surface area (Å²) in [6.07, 6.45) is 4.39. The molecule has 0 saturated carbocycles. The van der Waals surface area contributed by atoms with Crippen molar-refractivity contribution < 1.29 is 9.53 Å². The lowest BCUT2D eigenvalue weighted by Gasteiger charge is -2.35. The summed E-state index contributed by atoms with van der Waals surface area (Å²) in [4.78, 5) is 21.0. The standard InChI is InChI=1S/C22H33N5O2/c1-2-23-22(25-14-20-15-26-11-3-5-19(26)16-29-20)24-13-17-7-9-18(10-8-17)27-12-4-6-21(27)28/h7-10,19-20H,2-6,11-16H2,1H3,(H2,23,24,25). The van der Waals surface area contributed by atoms with Gasteiger partial charge in [-0.3, -0.25) is 9.69 Å². The van der Waals surface area contributed by atoms with Crippen molar-refractivity contribution in [2.75, 3.05) is 44.2 Å². The molecule has 29 heavy (non-hydrogen) atoms. The lowest BCUT2D eigenvalue weighted by atomic mass is 10.2. The zero-order chi connectivity index (χ0) is 20.1. The van der Waals surface area contributed by atoms with Crippen LogP contribution in [0.5, 0.6) is 0 Å². The van der Waals surface area contributed by atoms with Gasteiger partial charge in [0.1, 0.15) is 0 Å². The van der Waals surface area contributed by atoms with E-state index in [0.717, 1.165) is 56.4 Å². The second kappa shape index (κ2) is 9.59. The number of nitrogens with one attached hydrogen (secondary N) is 2. The average molecular weight is 400 g/mol. The Hall–Kier alpha value is -2.12. The minimum absolute atomic E-state index is 0.213. The van der Waals surface area contributed by atoms with Crippen molar-refractivity contribution in [1.82, 2.24) is 15.5 Å². The molecule has 3 fully saturated rings. The summed E-state index contributed by atoms with van der Waals surface area (Å²) in [6.45, 7) is 8.16. The zero-order valence-electron chi connectivity index (χ0n) is 17.4. The first-order valence-corrected chi connectivity index (χ1v) is 11.0. The van der Waals surface area contributed by atoms with Gasteiger partial charge in [-0.25, -0.2) is 4.99 Å². The van der Waals surface area contributed by atoms with Gasteiger partial charge in [0.25, 0.3) is 0 Å². The Kier molecular flexibility index (Phi) is 6.67. The smallest absolute Gasteiger partial charge is 0.227 e. The van der Waals surface area contributed by atoms with Gasteiger partial charge in [-0.15, -0.1) is 0 Å². The Balaban J connectivity index is 1.29. The fourth-order valence-corrected chi connectivity index (χ4v) is 4.43. The molecule has 3 saturated heterocycles. The van der Waals surface area contributed by atoms with Crippen molar-refractivity contribution in [3.05, 3.63) is 29.8 Å². The summed E-state index contributed by atoms with van der Waals surface area (Å²) in [5, 5.41) is 6.75. The molecule has 4 rings (SSSR count). The molecule has 3 heterocycles. The van der Waals surface area contributed by atoms with Crippen molar-refractivity contribution in [2.45, 2.75) is 51.3 Å². The maximum atomic E-state index is 11.9. The highest BCUT2D eigenvalue weighted by molar-refractivity contribution is 5.95. The van der Waals surface area contributed by atoms with Crippen LogP contribution >= 0.6 is 0 Å². The number of nitrogens with zero attached hydrogens (tertiary/aromatic N) is 3. The second-order valence-electron chi connectivity index (χ2n) is 8.14. The highest BCUT2D eigenvalue weighted by Crippen LogP contribution is 2.23. The third-order valence-corrected chi connectivity index (χ3v) is 6.04. The molecule has 7 heteroatoms. The van der Waals surface area contributed by atoms with Gasteiger partial charge in [-0.05, 0) is 50.4 Å². The number of rotatable bonds is 6. The first-order valence-electron chi connectivity index (χ1n) is 11.0. The number of ether oxygens (including phenoxy) is 1. The molecule has 3 aliphatic heterocycles. The molecular weight excluding hydrogens is 366 g/mol. The first-order chi connectivity index (χ1) is 14.2. The molecular formula is C22H33N5O2. The third-order valence-electron chi connectivity index (χ3n) is 6.04. The van der Waals surface area contributed by atoms with Crippen LogP contribution in [0.1, 0.15) is 38.2 Å². The Labute approximate surface area is 173 Å². The molecule has 0 spiro atoms. The van der Waals surface area contributed by atoms with E-state index in [4.69, 9.17) is 9.73 Å². The molecule has 1 aromatic rings. The SMILES string of the molecule is CCNC(=NCc1ccc(N2CCCC2=O)cc1)NCC1CN2CCCC2CO1. The molecule has 1 amide bonds. The number of anilines is 1. The van der Waals surface area contributed by atoms with Crippen molar-refractivity contribution in [1.29, 1.82) is 0 Å². The largest absolute Gasteiger partial charge is 0.373 e. The van der Waals surface area contributed by atoms with Gasteiger partial charge < -0.3 is 20.3 Å². The molecule has 1 aromatic carbocycles. The van der Waals surface area contributed by atoms with Crippen molar-refractivity contribution in [3.63, 3.8) is 0 Å². The van der Waals surface area contributed by atoms with E-state index >= 15 is 0 Å². The van der Waals surface area contributed by atoms with Crippen LogP contribution in [0.2, 0.25) is 0 Å². The van der Waals surface area contributed by atoms with Crippen LogP contribution in [-0.2, 0) is 16.1 Å². The summed E-state index contributed by atoms with van der Waals surface area (Å²) in [5.74, 6) is 1.04. The number of aliphatic imine (C=N–C) groups is 1. The van der Waals surface area contributed by atoms with E-state index in [9.17, 15) is 4.79 Å². The molecule has 2 unspecified atom stereocenters. The van der Waals surface area contributed by atoms with Crippen LogP contribution in [0.4, 0.5) is 5.69 Å². The number of morpholine rings is 1.